The average molecular weight is 431 g/mol. The number of nitrogens with one attached hydrogen (secondary N) is 1. The lowest BCUT2D eigenvalue weighted by Gasteiger charge is -2.07. The van der Waals surface area contributed by atoms with Crippen LogP contribution in [-0.2, 0) is 6.61 Å². The highest BCUT2D eigenvalue weighted by atomic mass is 35.5. The molecule has 0 aromatic heterocycles. The standard InChI is InChI=1S/C25H19ClN2O3/c26-21-7-3-4-18(12-21)16-31-22-10-8-17(9-11-22)15-27-28-25(30)23-13-19-5-1-2-6-20(19)14-24(23)29/h1-15,29H,16H2,(H,28,30)/b27-15-. The van der Waals surface area contributed by atoms with E-state index in [9.17, 15) is 9.90 Å². The lowest BCUT2D eigenvalue weighted by molar-refractivity contribution is 0.0952. The molecule has 2 N–H and O–H groups in total. The molecule has 0 aliphatic heterocycles. The predicted molar refractivity (Wildman–Crippen MR) is 123 cm³/mol. The summed E-state index contributed by atoms with van der Waals surface area (Å²) >= 11 is 5.98. The summed E-state index contributed by atoms with van der Waals surface area (Å²) in [5.74, 6) is 0.135. The number of phenolic OH excluding ortho intramolecular Hbond substituents is 1. The summed E-state index contributed by atoms with van der Waals surface area (Å²) in [6, 6.07) is 25.5. The van der Waals surface area contributed by atoms with Crippen LogP contribution in [0.2, 0.25) is 5.02 Å². The first-order chi connectivity index (χ1) is 15.1. The molecule has 0 saturated carbocycles. The van der Waals surface area contributed by atoms with Gasteiger partial charge in [-0.1, -0.05) is 48.0 Å². The van der Waals surface area contributed by atoms with Crippen LogP contribution >= 0.6 is 11.6 Å². The molecule has 0 fully saturated rings. The number of nitrogens with zero attached hydrogens (tertiary/aromatic N) is 1. The fraction of sp³-hybridized carbons (Fsp3) is 0.0400. The van der Waals surface area contributed by atoms with Crippen LogP contribution in [0.3, 0.4) is 0 Å². The van der Waals surface area contributed by atoms with E-state index in [0.29, 0.717) is 17.4 Å². The minimum absolute atomic E-state index is 0.0902. The van der Waals surface area contributed by atoms with Gasteiger partial charge in [0.1, 0.15) is 18.1 Å². The second kappa shape index (κ2) is 9.32. The normalized spacial score (nSPS) is 11.0. The van der Waals surface area contributed by atoms with Gasteiger partial charge in [-0.25, -0.2) is 5.43 Å². The number of hydrogen-bond donors (Lipinski definition) is 2. The molecule has 4 rings (SSSR count). The number of ether oxygens (including phenoxy) is 1. The van der Waals surface area contributed by atoms with Crippen molar-refractivity contribution in [2.24, 2.45) is 5.10 Å². The summed E-state index contributed by atoms with van der Waals surface area (Å²) in [4.78, 5) is 12.4. The zero-order valence-corrected chi connectivity index (χ0v) is 17.2. The molecule has 0 heterocycles. The number of fused-ring (bicyclic) bond motifs is 1. The number of aromatic hydroxyl groups is 1. The summed E-state index contributed by atoms with van der Waals surface area (Å²) in [5.41, 5.74) is 4.39. The van der Waals surface area contributed by atoms with Crippen LogP contribution in [0.15, 0.2) is 90.0 Å². The fourth-order valence-electron chi connectivity index (χ4n) is 3.08. The van der Waals surface area contributed by atoms with E-state index in [1.165, 1.54) is 6.21 Å². The van der Waals surface area contributed by atoms with Gasteiger partial charge in [0.2, 0.25) is 0 Å². The molecule has 0 radical (unpaired) electrons. The molecule has 0 saturated heterocycles. The summed E-state index contributed by atoms with van der Waals surface area (Å²) < 4.78 is 5.75. The van der Waals surface area contributed by atoms with E-state index in [1.807, 2.05) is 72.8 Å². The monoisotopic (exact) mass is 430 g/mol. The summed E-state index contributed by atoms with van der Waals surface area (Å²) in [6.45, 7) is 0.416. The molecule has 6 heteroatoms. The molecule has 0 atom stereocenters. The molecule has 0 aliphatic rings. The third-order valence-corrected chi connectivity index (χ3v) is 4.90. The number of benzene rings is 4. The number of hydrogen-bond acceptors (Lipinski definition) is 4. The molecule has 1 amide bonds. The Morgan fingerprint density at radius 2 is 1.71 bits per heavy atom. The number of hydrazone groups is 1. The first-order valence-electron chi connectivity index (χ1n) is 9.61. The van der Waals surface area contributed by atoms with Crippen LogP contribution in [-0.4, -0.2) is 17.2 Å². The Morgan fingerprint density at radius 1 is 0.968 bits per heavy atom. The third kappa shape index (κ3) is 5.21. The van der Waals surface area contributed by atoms with Gasteiger partial charge in [0.15, 0.2) is 0 Å². The Labute approximate surface area is 184 Å². The van der Waals surface area contributed by atoms with Crippen molar-refractivity contribution in [1.82, 2.24) is 5.43 Å². The molecule has 4 aromatic carbocycles. The van der Waals surface area contributed by atoms with Crippen LogP contribution in [0.1, 0.15) is 21.5 Å². The SMILES string of the molecule is O=C(N/N=C\c1ccc(OCc2cccc(Cl)c2)cc1)c1cc2ccccc2cc1O. The van der Waals surface area contributed by atoms with Gasteiger partial charge >= 0.3 is 0 Å². The maximum absolute atomic E-state index is 12.4. The van der Waals surface area contributed by atoms with Crippen LogP contribution in [0.5, 0.6) is 11.5 Å². The van der Waals surface area contributed by atoms with E-state index < -0.39 is 5.91 Å². The molecule has 0 aliphatic carbocycles. The van der Waals surface area contributed by atoms with Crippen molar-refractivity contribution >= 4 is 34.5 Å². The van der Waals surface area contributed by atoms with Gasteiger partial charge in [-0.15, -0.1) is 0 Å². The van der Waals surface area contributed by atoms with Crippen molar-refractivity contribution in [3.63, 3.8) is 0 Å². The van der Waals surface area contributed by atoms with Gasteiger partial charge in [0.25, 0.3) is 5.91 Å². The van der Waals surface area contributed by atoms with Crippen molar-refractivity contribution in [1.29, 1.82) is 0 Å². The third-order valence-electron chi connectivity index (χ3n) is 4.66. The van der Waals surface area contributed by atoms with E-state index in [-0.39, 0.29) is 11.3 Å². The van der Waals surface area contributed by atoms with Crippen LogP contribution in [0.4, 0.5) is 0 Å². The fourth-order valence-corrected chi connectivity index (χ4v) is 3.29. The second-order valence-electron chi connectivity index (χ2n) is 6.90. The number of halogens is 1. The number of carbonyl (C=O) groups is 1. The van der Waals surface area contributed by atoms with E-state index in [1.54, 1.807) is 12.1 Å². The highest BCUT2D eigenvalue weighted by molar-refractivity contribution is 6.30. The topological polar surface area (TPSA) is 70.9 Å². The second-order valence-corrected chi connectivity index (χ2v) is 7.34. The zero-order valence-electron chi connectivity index (χ0n) is 16.5. The Bertz CT molecular complexity index is 1250. The lowest BCUT2D eigenvalue weighted by atomic mass is 10.1. The quantitative estimate of drug-likeness (QED) is 0.311. The molecule has 0 spiro atoms. The van der Waals surface area contributed by atoms with Gasteiger partial charge < -0.3 is 9.84 Å². The van der Waals surface area contributed by atoms with Gasteiger partial charge in [-0.3, -0.25) is 4.79 Å². The molecular formula is C25H19ClN2O3. The van der Waals surface area contributed by atoms with Crippen molar-refractivity contribution in [3.05, 3.63) is 107 Å². The summed E-state index contributed by atoms with van der Waals surface area (Å²) in [5, 5.41) is 16.5. The molecule has 154 valence electrons. The Kier molecular flexibility index (Phi) is 6.15. The van der Waals surface area contributed by atoms with Gasteiger partial charge in [0.05, 0.1) is 11.8 Å². The number of amides is 1. The van der Waals surface area contributed by atoms with Gasteiger partial charge in [-0.2, -0.15) is 5.10 Å². The largest absolute Gasteiger partial charge is 0.507 e. The molecule has 31 heavy (non-hydrogen) atoms. The molecular weight excluding hydrogens is 412 g/mol. The van der Waals surface area contributed by atoms with Crippen molar-refractivity contribution in [3.8, 4) is 11.5 Å². The van der Waals surface area contributed by atoms with E-state index >= 15 is 0 Å². The van der Waals surface area contributed by atoms with Crippen LogP contribution in [0.25, 0.3) is 10.8 Å². The number of rotatable bonds is 6. The van der Waals surface area contributed by atoms with Crippen molar-refractivity contribution < 1.29 is 14.6 Å². The Morgan fingerprint density at radius 3 is 2.45 bits per heavy atom. The first kappa shape index (κ1) is 20.4. The smallest absolute Gasteiger partial charge is 0.275 e. The average Bonchev–Trinajstić information content (AvgIpc) is 2.78. The minimum Gasteiger partial charge on any atom is -0.507 e. The number of phenols is 1. The first-order valence-corrected chi connectivity index (χ1v) is 9.99. The molecule has 0 bridgehead atoms. The molecule has 5 nitrogen and oxygen atoms in total. The maximum atomic E-state index is 12.4. The van der Waals surface area contributed by atoms with E-state index in [0.717, 1.165) is 21.9 Å². The zero-order chi connectivity index (χ0) is 21.6. The summed E-state index contributed by atoms with van der Waals surface area (Å²) in [7, 11) is 0. The van der Waals surface area contributed by atoms with Gasteiger partial charge in [0, 0.05) is 5.02 Å². The van der Waals surface area contributed by atoms with Crippen molar-refractivity contribution in [2.75, 3.05) is 0 Å². The minimum atomic E-state index is -0.485. The predicted octanol–water partition coefficient (Wildman–Crippen LogP) is 5.54. The molecule has 4 aromatic rings. The summed E-state index contributed by atoms with van der Waals surface area (Å²) in [6.07, 6.45) is 1.52. The Balaban J connectivity index is 1.35. The highest BCUT2D eigenvalue weighted by Crippen LogP contribution is 2.24. The van der Waals surface area contributed by atoms with Crippen LogP contribution in [0, 0.1) is 0 Å². The lowest BCUT2D eigenvalue weighted by Crippen LogP contribution is -2.17. The highest BCUT2D eigenvalue weighted by Gasteiger charge is 2.11. The van der Waals surface area contributed by atoms with E-state index in [2.05, 4.69) is 10.5 Å². The van der Waals surface area contributed by atoms with Crippen molar-refractivity contribution in [2.45, 2.75) is 6.61 Å². The van der Waals surface area contributed by atoms with Gasteiger partial charge in [-0.05, 0) is 70.4 Å². The maximum Gasteiger partial charge on any atom is 0.275 e. The Hall–Kier alpha value is -3.83. The molecule has 0 unspecified atom stereocenters. The van der Waals surface area contributed by atoms with Crippen LogP contribution < -0.4 is 10.2 Å². The van der Waals surface area contributed by atoms with E-state index in [4.69, 9.17) is 16.3 Å². The number of carbonyl (C=O) groups excluding carboxylic acids is 1.